The third kappa shape index (κ3) is 3.85. The first kappa shape index (κ1) is 19.5. The highest BCUT2D eigenvalue weighted by Crippen LogP contribution is 2.36. The number of Topliss-reactive ketones (excluding diaryl/α,β-unsaturated/α-hetero) is 1. The van der Waals surface area contributed by atoms with Gasteiger partial charge in [0.1, 0.15) is 23.9 Å². The topological polar surface area (TPSA) is 54.0 Å². The Labute approximate surface area is 173 Å². The van der Waals surface area contributed by atoms with Gasteiger partial charge in [-0.1, -0.05) is 24.3 Å². The molecule has 0 aliphatic carbocycles. The van der Waals surface area contributed by atoms with Crippen LogP contribution in [0.2, 0.25) is 0 Å². The predicted octanol–water partition coefficient (Wildman–Crippen LogP) is 5.04. The third-order valence-corrected chi connectivity index (χ3v) is 4.70. The molecule has 0 radical (unpaired) electrons. The molecule has 3 aromatic rings. The Kier molecular flexibility index (Phi) is 5.39. The smallest absolute Gasteiger partial charge is 0.231 e. The van der Waals surface area contributed by atoms with E-state index in [1.54, 1.807) is 74.9 Å². The Morgan fingerprint density at radius 1 is 0.967 bits per heavy atom. The van der Waals surface area contributed by atoms with Gasteiger partial charge >= 0.3 is 0 Å². The molecule has 0 bridgehead atoms. The highest BCUT2D eigenvalue weighted by Gasteiger charge is 2.28. The number of rotatable bonds is 6. The van der Waals surface area contributed by atoms with Gasteiger partial charge in [-0.15, -0.1) is 0 Å². The van der Waals surface area contributed by atoms with Gasteiger partial charge in [0.25, 0.3) is 0 Å². The van der Waals surface area contributed by atoms with E-state index in [2.05, 4.69) is 0 Å². The molecule has 0 spiro atoms. The van der Waals surface area contributed by atoms with Crippen molar-refractivity contribution < 1.29 is 28.1 Å². The van der Waals surface area contributed by atoms with Crippen LogP contribution in [0.25, 0.3) is 6.08 Å². The van der Waals surface area contributed by atoms with Crippen molar-refractivity contribution in [3.05, 3.63) is 88.9 Å². The molecule has 4 rings (SSSR count). The van der Waals surface area contributed by atoms with Crippen molar-refractivity contribution in [2.45, 2.75) is 6.61 Å². The van der Waals surface area contributed by atoms with Crippen molar-refractivity contribution in [1.82, 2.24) is 0 Å². The summed E-state index contributed by atoms with van der Waals surface area (Å²) in [5.74, 6) is 1.68. The van der Waals surface area contributed by atoms with Gasteiger partial charge in [-0.3, -0.25) is 4.79 Å². The molecular formula is C24H19FO5. The van der Waals surface area contributed by atoms with Gasteiger partial charge in [0.2, 0.25) is 5.78 Å². The quantitative estimate of drug-likeness (QED) is 0.537. The maximum atomic E-state index is 13.7. The summed E-state index contributed by atoms with van der Waals surface area (Å²) in [5, 5.41) is 0. The SMILES string of the molecule is COc1ccc(/C=C2\Oc3cc(OCc4ccccc4F)ccc3C2=O)cc1OC. The maximum Gasteiger partial charge on any atom is 0.231 e. The lowest BCUT2D eigenvalue weighted by molar-refractivity contribution is 0.101. The average Bonchev–Trinajstić information content (AvgIpc) is 3.07. The molecule has 0 unspecified atom stereocenters. The average molecular weight is 406 g/mol. The summed E-state index contributed by atoms with van der Waals surface area (Å²) >= 11 is 0. The van der Waals surface area contributed by atoms with Crippen LogP contribution in [0.1, 0.15) is 21.5 Å². The number of allylic oxidation sites excluding steroid dienone is 1. The first-order valence-electron chi connectivity index (χ1n) is 9.25. The van der Waals surface area contributed by atoms with E-state index in [1.807, 2.05) is 0 Å². The fourth-order valence-corrected chi connectivity index (χ4v) is 3.13. The molecule has 0 atom stereocenters. The second-order valence-electron chi connectivity index (χ2n) is 6.59. The Morgan fingerprint density at radius 2 is 1.77 bits per heavy atom. The number of halogens is 1. The molecule has 152 valence electrons. The Balaban J connectivity index is 1.53. The molecule has 0 saturated carbocycles. The molecule has 6 heteroatoms. The summed E-state index contributed by atoms with van der Waals surface area (Å²) < 4.78 is 35.7. The van der Waals surface area contributed by atoms with Gasteiger partial charge in [0.05, 0.1) is 19.8 Å². The van der Waals surface area contributed by atoms with Crippen molar-refractivity contribution >= 4 is 11.9 Å². The van der Waals surface area contributed by atoms with Gasteiger partial charge in [-0.2, -0.15) is 0 Å². The molecule has 30 heavy (non-hydrogen) atoms. The van der Waals surface area contributed by atoms with E-state index in [-0.39, 0.29) is 24.0 Å². The number of benzene rings is 3. The minimum absolute atomic E-state index is 0.0771. The fourth-order valence-electron chi connectivity index (χ4n) is 3.13. The summed E-state index contributed by atoms with van der Waals surface area (Å²) in [6, 6.07) is 16.7. The van der Waals surface area contributed by atoms with Crippen LogP contribution >= 0.6 is 0 Å². The predicted molar refractivity (Wildman–Crippen MR) is 110 cm³/mol. The number of carbonyl (C=O) groups excluding carboxylic acids is 1. The van der Waals surface area contributed by atoms with E-state index in [0.29, 0.717) is 34.1 Å². The zero-order chi connectivity index (χ0) is 21.1. The summed E-state index contributed by atoms with van der Waals surface area (Å²) in [5.41, 5.74) is 1.63. The van der Waals surface area contributed by atoms with Crippen LogP contribution in [0, 0.1) is 5.82 Å². The lowest BCUT2D eigenvalue weighted by atomic mass is 10.1. The van der Waals surface area contributed by atoms with Gasteiger partial charge < -0.3 is 18.9 Å². The van der Waals surface area contributed by atoms with Crippen LogP contribution in [0.3, 0.4) is 0 Å². The molecule has 1 aliphatic rings. The normalized spacial score (nSPS) is 13.7. The number of ketones is 1. The highest BCUT2D eigenvalue weighted by atomic mass is 19.1. The Morgan fingerprint density at radius 3 is 2.53 bits per heavy atom. The van der Waals surface area contributed by atoms with E-state index in [1.165, 1.54) is 6.07 Å². The van der Waals surface area contributed by atoms with E-state index < -0.39 is 0 Å². The highest BCUT2D eigenvalue weighted by molar-refractivity contribution is 6.14. The zero-order valence-corrected chi connectivity index (χ0v) is 16.5. The van der Waals surface area contributed by atoms with Crippen molar-refractivity contribution in [2.75, 3.05) is 14.2 Å². The minimum Gasteiger partial charge on any atom is -0.493 e. The van der Waals surface area contributed by atoms with Gasteiger partial charge in [0, 0.05) is 11.6 Å². The molecule has 1 aliphatic heterocycles. The number of hydrogen-bond acceptors (Lipinski definition) is 5. The van der Waals surface area contributed by atoms with Crippen LogP contribution in [-0.4, -0.2) is 20.0 Å². The first-order valence-corrected chi connectivity index (χ1v) is 9.25. The van der Waals surface area contributed by atoms with Gasteiger partial charge in [0.15, 0.2) is 17.3 Å². The molecule has 0 fully saturated rings. The van der Waals surface area contributed by atoms with E-state index >= 15 is 0 Å². The number of hydrogen-bond donors (Lipinski definition) is 0. The van der Waals surface area contributed by atoms with Crippen LogP contribution in [-0.2, 0) is 6.61 Å². The molecule has 0 amide bonds. The van der Waals surface area contributed by atoms with E-state index in [0.717, 1.165) is 5.56 Å². The Bertz CT molecular complexity index is 1140. The molecule has 1 heterocycles. The van der Waals surface area contributed by atoms with Crippen LogP contribution in [0.5, 0.6) is 23.0 Å². The lowest BCUT2D eigenvalue weighted by Crippen LogP contribution is -1.98. The number of methoxy groups -OCH3 is 2. The maximum absolute atomic E-state index is 13.7. The zero-order valence-electron chi connectivity index (χ0n) is 16.5. The van der Waals surface area contributed by atoms with Crippen LogP contribution < -0.4 is 18.9 Å². The minimum atomic E-state index is -0.328. The third-order valence-electron chi connectivity index (χ3n) is 4.70. The standard InChI is InChI=1S/C24H19FO5/c1-27-20-10-7-15(11-22(20)28-2)12-23-24(26)18-9-8-17(13-21(18)30-23)29-14-16-5-3-4-6-19(16)25/h3-13H,14H2,1-2H3/b23-12-. The Hall–Kier alpha value is -3.80. The second-order valence-corrected chi connectivity index (χ2v) is 6.59. The monoisotopic (exact) mass is 406 g/mol. The first-order chi connectivity index (χ1) is 14.6. The largest absolute Gasteiger partial charge is 0.493 e. The summed E-state index contributed by atoms with van der Waals surface area (Å²) in [4.78, 5) is 12.7. The summed E-state index contributed by atoms with van der Waals surface area (Å²) in [6.07, 6.45) is 1.64. The van der Waals surface area contributed by atoms with Crippen LogP contribution in [0.4, 0.5) is 4.39 Å². The van der Waals surface area contributed by atoms with E-state index in [9.17, 15) is 9.18 Å². The van der Waals surface area contributed by atoms with Gasteiger partial charge in [-0.05, 0) is 42.0 Å². The van der Waals surface area contributed by atoms with Crippen molar-refractivity contribution in [3.8, 4) is 23.0 Å². The number of ether oxygens (including phenoxy) is 4. The van der Waals surface area contributed by atoms with Crippen molar-refractivity contribution in [2.24, 2.45) is 0 Å². The van der Waals surface area contributed by atoms with Crippen molar-refractivity contribution in [1.29, 1.82) is 0 Å². The second kappa shape index (κ2) is 8.29. The van der Waals surface area contributed by atoms with Gasteiger partial charge in [-0.25, -0.2) is 4.39 Å². The fraction of sp³-hybridized carbons (Fsp3) is 0.125. The molecule has 0 saturated heterocycles. The molecule has 0 aromatic heterocycles. The molecule has 0 N–H and O–H groups in total. The molecule has 3 aromatic carbocycles. The molecule has 5 nitrogen and oxygen atoms in total. The summed E-state index contributed by atoms with van der Waals surface area (Å²) in [6.45, 7) is 0.0771. The number of fused-ring (bicyclic) bond motifs is 1. The lowest BCUT2D eigenvalue weighted by Gasteiger charge is -2.08. The summed E-state index contributed by atoms with van der Waals surface area (Å²) in [7, 11) is 3.10. The molecular weight excluding hydrogens is 387 g/mol. The van der Waals surface area contributed by atoms with Crippen molar-refractivity contribution in [3.63, 3.8) is 0 Å². The van der Waals surface area contributed by atoms with Crippen LogP contribution in [0.15, 0.2) is 66.4 Å². The van der Waals surface area contributed by atoms with E-state index in [4.69, 9.17) is 18.9 Å². The number of carbonyl (C=O) groups is 1.